The number of hydrogen-bond donors (Lipinski definition) is 1. The third-order valence-electron chi connectivity index (χ3n) is 3.51. The Morgan fingerprint density at radius 1 is 1.32 bits per heavy atom. The quantitative estimate of drug-likeness (QED) is 0.693. The molecule has 0 atom stereocenters. The molecular weight excluding hydrogens is 304 g/mol. The molecule has 1 heterocycles. The van der Waals surface area contributed by atoms with E-state index in [2.05, 4.69) is 0 Å². The van der Waals surface area contributed by atoms with Gasteiger partial charge >= 0.3 is 5.69 Å². The Morgan fingerprint density at radius 3 is 2.64 bits per heavy atom. The molecule has 118 valence electrons. The lowest BCUT2D eigenvalue weighted by molar-refractivity contribution is -0.692. The van der Waals surface area contributed by atoms with Gasteiger partial charge in [-0.15, -0.1) is 0 Å². The Labute approximate surface area is 135 Å². The van der Waals surface area contributed by atoms with Crippen LogP contribution in [0.1, 0.15) is 17.0 Å². The molecule has 2 aromatic rings. The lowest BCUT2D eigenvalue weighted by Gasteiger charge is -2.06. The monoisotopic (exact) mass is 322 g/mol. The van der Waals surface area contributed by atoms with Crippen molar-refractivity contribution < 1.29 is 26.8 Å². The highest BCUT2D eigenvalue weighted by atomic mass is 35.5. The number of methoxy groups -OCH3 is 1. The summed E-state index contributed by atoms with van der Waals surface area (Å²) >= 11 is 0. The number of aromatic nitrogens is 2. The number of hydrogen-bond acceptors (Lipinski definition) is 3. The van der Waals surface area contributed by atoms with Gasteiger partial charge in [0.1, 0.15) is 11.4 Å². The predicted octanol–water partition coefficient (Wildman–Crippen LogP) is -1.59. The third-order valence-corrected chi connectivity index (χ3v) is 3.51. The van der Waals surface area contributed by atoms with Crippen LogP contribution in [0.2, 0.25) is 0 Å². The lowest BCUT2D eigenvalue weighted by atomic mass is 10.1. The van der Waals surface area contributed by atoms with E-state index in [1.54, 1.807) is 35.4 Å². The van der Waals surface area contributed by atoms with E-state index >= 15 is 0 Å². The van der Waals surface area contributed by atoms with E-state index in [1.165, 1.54) is 7.11 Å². The maximum Gasteiger partial charge on any atom is 0.498 e. The predicted molar refractivity (Wildman–Crippen MR) is 81.2 cm³/mol. The van der Waals surface area contributed by atoms with Gasteiger partial charge in [-0.25, -0.2) is 0 Å². The molecule has 0 amide bonds. The van der Waals surface area contributed by atoms with E-state index in [9.17, 15) is 9.90 Å². The molecule has 2 rings (SSSR count). The highest BCUT2D eigenvalue weighted by molar-refractivity contribution is 5.72. The summed E-state index contributed by atoms with van der Waals surface area (Å²) in [5.41, 5.74) is 2.31. The molecule has 0 fully saturated rings. The van der Waals surface area contributed by atoms with Crippen LogP contribution in [-0.2, 0) is 14.1 Å². The van der Waals surface area contributed by atoms with Crippen LogP contribution in [-0.4, -0.2) is 16.8 Å². The number of phenolic OH excluding ortho intramolecular Hbond substituents is 1. The van der Waals surface area contributed by atoms with Crippen LogP contribution >= 0.6 is 0 Å². The molecule has 0 aliphatic heterocycles. The van der Waals surface area contributed by atoms with Gasteiger partial charge in [0.05, 0.1) is 21.2 Å². The summed E-state index contributed by atoms with van der Waals surface area (Å²) < 4.78 is 8.35. The van der Waals surface area contributed by atoms with Crippen molar-refractivity contribution in [2.45, 2.75) is 6.92 Å². The summed E-state index contributed by atoms with van der Waals surface area (Å²) in [6.07, 6.45) is 3.64. The third kappa shape index (κ3) is 3.31. The normalized spacial score (nSPS) is 10.5. The number of rotatable bonds is 3. The first-order chi connectivity index (χ1) is 9.95. The molecule has 0 radical (unpaired) electrons. The van der Waals surface area contributed by atoms with E-state index in [0.717, 1.165) is 17.0 Å². The SMILES string of the molecule is COc1c(O)cccc1C=Cc1cc(C)n(C)c(=O)[n+]1C.[Cl-]. The standard InChI is InChI=1S/C16H18N2O3.ClH/c1-11-10-13(18(3)16(20)17(11)2)9-8-12-6-5-7-14(19)15(12)21-4;/h5-10H,1-4H3;1H. The number of aryl methyl sites for hydroxylation is 1. The van der Waals surface area contributed by atoms with Gasteiger partial charge in [-0.3, -0.25) is 0 Å². The number of benzene rings is 1. The first-order valence-corrected chi connectivity index (χ1v) is 6.56. The molecule has 5 nitrogen and oxygen atoms in total. The zero-order valence-corrected chi connectivity index (χ0v) is 13.8. The average molecular weight is 323 g/mol. The molecule has 0 aliphatic carbocycles. The Bertz CT molecular complexity index is 767. The van der Waals surface area contributed by atoms with E-state index < -0.39 is 0 Å². The number of ether oxygens (including phenoxy) is 1. The summed E-state index contributed by atoms with van der Waals surface area (Å²) in [4.78, 5) is 12.0. The molecule has 1 aromatic heterocycles. The molecule has 6 heteroatoms. The average Bonchev–Trinajstić information content (AvgIpc) is 2.47. The molecule has 1 aromatic carbocycles. The fourth-order valence-corrected chi connectivity index (χ4v) is 2.12. The molecule has 0 bridgehead atoms. The number of para-hydroxylation sites is 1. The number of nitrogens with zero attached hydrogens (tertiary/aromatic N) is 2. The van der Waals surface area contributed by atoms with Gasteiger partial charge in [0, 0.05) is 11.6 Å². The lowest BCUT2D eigenvalue weighted by Crippen LogP contribution is -3.00. The maximum atomic E-state index is 12.0. The van der Waals surface area contributed by atoms with Crippen LogP contribution in [0.3, 0.4) is 0 Å². The van der Waals surface area contributed by atoms with Crippen LogP contribution in [0.25, 0.3) is 12.2 Å². The van der Waals surface area contributed by atoms with Crippen molar-refractivity contribution in [3.63, 3.8) is 0 Å². The zero-order valence-electron chi connectivity index (χ0n) is 13.0. The maximum absolute atomic E-state index is 12.0. The molecule has 22 heavy (non-hydrogen) atoms. The smallest absolute Gasteiger partial charge is 0.498 e. The van der Waals surface area contributed by atoms with Crippen LogP contribution in [0.5, 0.6) is 11.5 Å². The van der Waals surface area contributed by atoms with Gasteiger partial charge in [-0.05, 0) is 25.1 Å². The Kier molecular flexibility index (Phi) is 5.77. The fourth-order valence-electron chi connectivity index (χ4n) is 2.12. The van der Waals surface area contributed by atoms with Gasteiger partial charge in [0.15, 0.2) is 11.5 Å². The number of phenols is 1. The van der Waals surface area contributed by atoms with Crippen LogP contribution in [0.15, 0.2) is 29.1 Å². The summed E-state index contributed by atoms with van der Waals surface area (Å²) in [5, 5.41) is 9.75. The first-order valence-electron chi connectivity index (χ1n) is 6.56. The van der Waals surface area contributed by atoms with Crippen molar-refractivity contribution in [2.24, 2.45) is 14.1 Å². The van der Waals surface area contributed by atoms with Gasteiger partial charge < -0.3 is 22.3 Å². The largest absolute Gasteiger partial charge is 1.00 e. The van der Waals surface area contributed by atoms with E-state index in [-0.39, 0.29) is 23.8 Å². The van der Waals surface area contributed by atoms with Gasteiger partial charge in [0.2, 0.25) is 0 Å². The minimum Gasteiger partial charge on any atom is -1.00 e. The van der Waals surface area contributed by atoms with Gasteiger partial charge in [-0.1, -0.05) is 12.1 Å². The first kappa shape index (κ1) is 17.8. The van der Waals surface area contributed by atoms with Crippen molar-refractivity contribution in [3.05, 3.63) is 51.7 Å². The van der Waals surface area contributed by atoms with Crippen molar-refractivity contribution in [2.75, 3.05) is 7.11 Å². The second kappa shape index (κ2) is 7.13. The Balaban J connectivity index is 0.00000242. The van der Waals surface area contributed by atoms with Crippen LogP contribution in [0, 0.1) is 6.92 Å². The van der Waals surface area contributed by atoms with Gasteiger partial charge in [0.25, 0.3) is 0 Å². The molecule has 1 N–H and O–H groups in total. The van der Waals surface area contributed by atoms with Crippen molar-refractivity contribution >= 4 is 12.2 Å². The Hall–Kier alpha value is -2.27. The molecular formula is C16H19ClN2O3. The van der Waals surface area contributed by atoms with Gasteiger partial charge in [-0.2, -0.15) is 13.9 Å². The van der Waals surface area contributed by atoms with Crippen molar-refractivity contribution in [1.82, 2.24) is 4.57 Å². The topological polar surface area (TPSA) is 55.3 Å². The van der Waals surface area contributed by atoms with E-state index in [1.807, 2.05) is 31.2 Å². The number of halogens is 1. The summed E-state index contributed by atoms with van der Waals surface area (Å²) in [5.74, 6) is 0.501. The summed E-state index contributed by atoms with van der Waals surface area (Å²) in [7, 11) is 4.97. The zero-order chi connectivity index (χ0) is 15.6. The fraction of sp³-hybridized carbons (Fsp3) is 0.250. The highest BCUT2D eigenvalue weighted by Crippen LogP contribution is 2.30. The van der Waals surface area contributed by atoms with Crippen molar-refractivity contribution in [3.8, 4) is 11.5 Å². The van der Waals surface area contributed by atoms with Crippen molar-refractivity contribution in [1.29, 1.82) is 0 Å². The highest BCUT2D eigenvalue weighted by Gasteiger charge is 2.12. The summed E-state index contributed by atoms with van der Waals surface area (Å²) in [6, 6.07) is 7.07. The minimum atomic E-state index is -0.0856. The van der Waals surface area contributed by atoms with E-state index in [0.29, 0.717) is 5.75 Å². The molecule has 0 saturated carbocycles. The molecule has 0 aliphatic rings. The van der Waals surface area contributed by atoms with Crippen LogP contribution < -0.4 is 27.4 Å². The molecule has 0 unspecified atom stereocenters. The summed E-state index contributed by atoms with van der Waals surface area (Å²) in [6.45, 7) is 1.88. The molecule has 0 spiro atoms. The van der Waals surface area contributed by atoms with Crippen LogP contribution in [0.4, 0.5) is 0 Å². The number of aromatic hydroxyl groups is 1. The minimum absolute atomic E-state index is 0. The molecule has 0 saturated heterocycles. The Morgan fingerprint density at radius 2 is 2.00 bits per heavy atom. The second-order valence-corrected chi connectivity index (χ2v) is 4.84. The van der Waals surface area contributed by atoms with E-state index in [4.69, 9.17) is 4.74 Å². The second-order valence-electron chi connectivity index (χ2n) is 4.84.